The second-order valence-electron chi connectivity index (χ2n) is 5.96. The van der Waals surface area contributed by atoms with E-state index >= 15 is 0 Å². The Morgan fingerprint density at radius 3 is 2.68 bits per heavy atom. The summed E-state index contributed by atoms with van der Waals surface area (Å²) in [7, 11) is 0. The van der Waals surface area contributed by atoms with Crippen molar-refractivity contribution in [1.29, 1.82) is 0 Å². The van der Waals surface area contributed by atoms with Crippen molar-refractivity contribution >= 4 is 11.5 Å². The Hall–Kier alpha value is -1.71. The smallest absolute Gasteiger partial charge is 0.273 e. The number of nitro benzene ring substituents is 1. The third-order valence-corrected chi connectivity index (χ3v) is 4.20. The second kappa shape index (κ2) is 5.11. The van der Waals surface area contributed by atoms with Crippen LogP contribution >= 0.6 is 0 Å². The van der Waals surface area contributed by atoms with Gasteiger partial charge in [0.25, 0.3) is 5.69 Å². The fraction of sp³-hybridized carbons (Fsp3) is 0.533. The maximum atomic E-state index is 12.4. The first-order chi connectivity index (χ1) is 8.92. The van der Waals surface area contributed by atoms with Crippen LogP contribution in [0.4, 0.5) is 5.69 Å². The van der Waals surface area contributed by atoms with Gasteiger partial charge in [-0.3, -0.25) is 14.9 Å². The predicted molar refractivity (Wildman–Crippen MR) is 72.9 cm³/mol. The minimum Gasteiger partial charge on any atom is -0.299 e. The summed E-state index contributed by atoms with van der Waals surface area (Å²) in [4.78, 5) is 22.9. The van der Waals surface area contributed by atoms with Gasteiger partial charge in [-0.1, -0.05) is 38.5 Å². The van der Waals surface area contributed by atoms with Crippen molar-refractivity contribution in [2.75, 3.05) is 0 Å². The van der Waals surface area contributed by atoms with Crippen LogP contribution in [0.2, 0.25) is 0 Å². The molecule has 0 heterocycles. The highest BCUT2D eigenvalue weighted by atomic mass is 16.6. The molecule has 0 radical (unpaired) electrons. The Labute approximate surface area is 113 Å². The van der Waals surface area contributed by atoms with Crippen LogP contribution in [0.3, 0.4) is 0 Å². The first-order valence-corrected chi connectivity index (χ1v) is 6.67. The Morgan fingerprint density at radius 1 is 1.42 bits per heavy atom. The lowest BCUT2D eigenvalue weighted by atomic mass is 9.78. The van der Waals surface area contributed by atoms with Crippen molar-refractivity contribution in [3.63, 3.8) is 0 Å². The van der Waals surface area contributed by atoms with Crippen molar-refractivity contribution in [2.24, 2.45) is 11.3 Å². The number of Topliss-reactive ketones (excluding diaryl/α,β-unsaturated/α-hetero) is 1. The summed E-state index contributed by atoms with van der Waals surface area (Å²) in [5, 5.41) is 10.9. The van der Waals surface area contributed by atoms with E-state index in [1.54, 1.807) is 18.2 Å². The normalized spacial score (nSPS) is 21.3. The molecule has 0 amide bonds. The third-order valence-electron chi connectivity index (χ3n) is 4.20. The van der Waals surface area contributed by atoms with Crippen molar-refractivity contribution in [1.82, 2.24) is 0 Å². The number of hydrogen-bond donors (Lipinski definition) is 0. The Kier molecular flexibility index (Phi) is 3.69. The number of para-hydroxylation sites is 1. The summed E-state index contributed by atoms with van der Waals surface area (Å²) in [5.74, 6) is 0.170. The van der Waals surface area contributed by atoms with E-state index in [0.717, 1.165) is 19.3 Å². The van der Waals surface area contributed by atoms with E-state index in [1.165, 1.54) is 6.07 Å². The molecule has 1 fully saturated rings. The Morgan fingerprint density at radius 2 is 2.11 bits per heavy atom. The summed E-state index contributed by atoms with van der Waals surface area (Å²) in [5.41, 5.74) is 0.604. The molecule has 1 saturated carbocycles. The minimum atomic E-state index is -0.414. The molecule has 0 N–H and O–H groups in total. The quantitative estimate of drug-likeness (QED) is 0.615. The molecule has 1 unspecified atom stereocenters. The van der Waals surface area contributed by atoms with E-state index in [0.29, 0.717) is 5.56 Å². The van der Waals surface area contributed by atoms with Crippen LogP contribution < -0.4 is 0 Å². The van der Waals surface area contributed by atoms with Gasteiger partial charge in [0.05, 0.1) is 4.92 Å². The average molecular weight is 261 g/mol. The van der Waals surface area contributed by atoms with Gasteiger partial charge in [-0.05, 0) is 18.3 Å². The van der Waals surface area contributed by atoms with Gasteiger partial charge in [0.2, 0.25) is 0 Å². The number of nitro groups is 1. The molecule has 4 nitrogen and oxygen atoms in total. The van der Waals surface area contributed by atoms with Gasteiger partial charge in [-0.15, -0.1) is 0 Å². The largest absolute Gasteiger partial charge is 0.299 e. The zero-order valence-corrected chi connectivity index (χ0v) is 11.4. The first kappa shape index (κ1) is 13.7. The lowest BCUT2D eigenvalue weighted by molar-refractivity contribution is -0.385. The lowest BCUT2D eigenvalue weighted by Gasteiger charge is -2.25. The summed E-state index contributed by atoms with van der Waals surface area (Å²) in [6.07, 6.45) is 3.21. The molecule has 1 atom stereocenters. The number of carbonyl (C=O) groups is 1. The molecule has 2 rings (SSSR count). The van der Waals surface area contributed by atoms with Gasteiger partial charge < -0.3 is 0 Å². The van der Waals surface area contributed by atoms with Gasteiger partial charge in [-0.25, -0.2) is 0 Å². The van der Waals surface area contributed by atoms with Crippen molar-refractivity contribution < 1.29 is 9.72 Å². The molecular formula is C15H19NO3. The van der Waals surface area contributed by atoms with E-state index in [9.17, 15) is 14.9 Å². The molecule has 1 aliphatic rings. The minimum absolute atomic E-state index is 0.0284. The van der Waals surface area contributed by atoms with Gasteiger partial charge in [0.15, 0.2) is 0 Å². The summed E-state index contributed by atoms with van der Waals surface area (Å²) in [6, 6.07) is 6.52. The van der Waals surface area contributed by atoms with Crippen LogP contribution in [-0.2, 0) is 11.2 Å². The summed E-state index contributed by atoms with van der Waals surface area (Å²) >= 11 is 0. The van der Waals surface area contributed by atoms with Crippen LogP contribution in [0.1, 0.15) is 38.7 Å². The van der Waals surface area contributed by atoms with Gasteiger partial charge in [0.1, 0.15) is 5.78 Å². The highest BCUT2D eigenvalue weighted by Gasteiger charge is 2.39. The van der Waals surface area contributed by atoms with E-state index in [-0.39, 0.29) is 29.2 Å². The predicted octanol–water partition coefficient (Wildman–Crippen LogP) is 3.53. The van der Waals surface area contributed by atoms with Gasteiger partial charge in [-0.2, -0.15) is 0 Å². The molecule has 4 heteroatoms. The van der Waals surface area contributed by atoms with Crippen LogP contribution in [0.5, 0.6) is 0 Å². The fourth-order valence-electron chi connectivity index (χ4n) is 3.07. The SMILES string of the molecule is CC1(C)CCCC1C(=O)Cc1ccccc1[N+](=O)[O-]. The topological polar surface area (TPSA) is 60.2 Å². The molecule has 1 aliphatic carbocycles. The van der Waals surface area contributed by atoms with Crippen LogP contribution in [-0.4, -0.2) is 10.7 Å². The second-order valence-corrected chi connectivity index (χ2v) is 5.96. The number of nitrogens with zero attached hydrogens (tertiary/aromatic N) is 1. The average Bonchev–Trinajstić information content (AvgIpc) is 2.69. The number of rotatable bonds is 4. The third kappa shape index (κ3) is 2.83. The molecule has 0 aliphatic heterocycles. The molecule has 1 aromatic rings. The Bertz CT molecular complexity index is 508. The highest BCUT2D eigenvalue weighted by molar-refractivity contribution is 5.85. The zero-order valence-electron chi connectivity index (χ0n) is 11.4. The molecule has 1 aromatic carbocycles. The summed E-state index contributed by atoms with van der Waals surface area (Å²) in [6.45, 7) is 4.23. The first-order valence-electron chi connectivity index (χ1n) is 6.67. The van der Waals surface area contributed by atoms with Crippen molar-refractivity contribution in [3.8, 4) is 0 Å². The monoisotopic (exact) mass is 261 g/mol. The van der Waals surface area contributed by atoms with Gasteiger partial charge >= 0.3 is 0 Å². The van der Waals surface area contributed by atoms with Gasteiger partial charge in [0, 0.05) is 24.0 Å². The van der Waals surface area contributed by atoms with Crippen molar-refractivity contribution in [2.45, 2.75) is 39.5 Å². The summed E-state index contributed by atoms with van der Waals surface area (Å²) < 4.78 is 0. The van der Waals surface area contributed by atoms with E-state index < -0.39 is 4.92 Å². The molecule has 0 spiro atoms. The van der Waals surface area contributed by atoms with Crippen LogP contribution in [0, 0.1) is 21.4 Å². The highest BCUT2D eigenvalue weighted by Crippen LogP contribution is 2.43. The zero-order chi connectivity index (χ0) is 14.0. The molecular weight excluding hydrogens is 242 g/mol. The van der Waals surface area contributed by atoms with E-state index in [1.807, 2.05) is 0 Å². The Balaban J connectivity index is 2.18. The lowest BCUT2D eigenvalue weighted by Crippen LogP contribution is -2.27. The van der Waals surface area contributed by atoms with Crippen molar-refractivity contribution in [3.05, 3.63) is 39.9 Å². The molecule has 0 saturated heterocycles. The van der Waals surface area contributed by atoms with E-state index in [4.69, 9.17) is 0 Å². The molecule has 19 heavy (non-hydrogen) atoms. The molecule has 0 bridgehead atoms. The maximum absolute atomic E-state index is 12.4. The van der Waals surface area contributed by atoms with E-state index in [2.05, 4.69) is 13.8 Å². The number of carbonyl (C=O) groups excluding carboxylic acids is 1. The molecule has 102 valence electrons. The number of ketones is 1. The number of benzene rings is 1. The van der Waals surface area contributed by atoms with Crippen LogP contribution in [0.15, 0.2) is 24.3 Å². The van der Waals surface area contributed by atoms with Crippen LogP contribution in [0.25, 0.3) is 0 Å². The maximum Gasteiger partial charge on any atom is 0.273 e. The molecule has 0 aromatic heterocycles. The fourth-order valence-corrected chi connectivity index (χ4v) is 3.07. The number of hydrogen-bond acceptors (Lipinski definition) is 3. The standard InChI is InChI=1S/C15H19NO3/c1-15(2)9-5-7-12(15)14(17)10-11-6-3-4-8-13(11)16(18)19/h3-4,6,8,12H,5,7,9-10H2,1-2H3.